The smallest absolute Gasteiger partial charge is 0.121 e. The molecule has 0 radical (unpaired) electrons. The number of nitrogens with zero attached hydrogens (tertiary/aromatic N) is 1. The predicted molar refractivity (Wildman–Crippen MR) is 62.3 cm³/mol. The van der Waals surface area contributed by atoms with Gasteiger partial charge in [-0.25, -0.2) is 0 Å². The predicted octanol–water partition coefficient (Wildman–Crippen LogP) is 2.42. The summed E-state index contributed by atoms with van der Waals surface area (Å²) in [5.74, 6) is 0. The Bertz CT molecular complexity index is 335. The molecular weight excluding hydrogens is 186 g/mol. The molecule has 15 heavy (non-hydrogen) atoms. The molecular formula is C13H17NO. The molecule has 1 aliphatic rings. The third kappa shape index (κ3) is 2.38. The minimum Gasteiger partial charge on any atom is -0.371 e. The quantitative estimate of drug-likeness (QED) is 0.703. The Morgan fingerprint density at radius 1 is 1.27 bits per heavy atom. The molecule has 0 saturated heterocycles. The lowest BCUT2D eigenvalue weighted by atomic mass is 10.1. The first-order chi connectivity index (χ1) is 7.42. The van der Waals surface area contributed by atoms with Crippen LogP contribution >= 0.6 is 0 Å². The molecule has 2 nitrogen and oxygen atoms in total. The van der Waals surface area contributed by atoms with E-state index in [0.29, 0.717) is 6.42 Å². The Morgan fingerprint density at radius 2 is 2.13 bits per heavy atom. The van der Waals surface area contributed by atoms with E-state index in [0.717, 1.165) is 19.4 Å². The molecule has 80 valence electrons. The van der Waals surface area contributed by atoms with Gasteiger partial charge < -0.3 is 9.69 Å². The van der Waals surface area contributed by atoms with Gasteiger partial charge in [-0.05, 0) is 30.9 Å². The summed E-state index contributed by atoms with van der Waals surface area (Å²) < 4.78 is 0. The van der Waals surface area contributed by atoms with Crippen molar-refractivity contribution in [1.29, 1.82) is 0 Å². The largest absolute Gasteiger partial charge is 0.371 e. The minimum atomic E-state index is 0.633. The van der Waals surface area contributed by atoms with E-state index < -0.39 is 0 Å². The van der Waals surface area contributed by atoms with E-state index in [1.54, 1.807) is 0 Å². The summed E-state index contributed by atoms with van der Waals surface area (Å²) in [6.45, 7) is 1.95. The molecule has 0 aliphatic carbocycles. The highest BCUT2D eigenvalue weighted by Gasteiger charge is 2.13. The molecule has 0 bridgehead atoms. The SMILES string of the molecule is O=CCCN1CCCCc2ccccc21. The molecule has 0 atom stereocenters. The first-order valence-corrected chi connectivity index (χ1v) is 5.68. The number of fused-ring (bicyclic) bond motifs is 1. The zero-order valence-electron chi connectivity index (χ0n) is 8.98. The zero-order chi connectivity index (χ0) is 10.5. The normalized spacial score (nSPS) is 15.6. The Balaban J connectivity index is 2.20. The Kier molecular flexibility index (Phi) is 3.38. The van der Waals surface area contributed by atoms with Gasteiger partial charge in [0.05, 0.1) is 0 Å². The lowest BCUT2D eigenvalue weighted by molar-refractivity contribution is -0.107. The van der Waals surface area contributed by atoms with Crippen molar-refractivity contribution in [3.05, 3.63) is 29.8 Å². The number of hydrogen-bond acceptors (Lipinski definition) is 2. The molecule has 1 heterocycles. The zero-order valence-corrected chi connectivity index (χ0v) is 8.98. The van der Waals surface area contributed by atoms with Crippen LogP contribution in [0, 0.1) is 0 Å². The average Bonchev–Trinajstić information content (AvgIpc) is 2.49. The van der Waals surface area contributed by atoms with Crippen LogP contribution in [0.5, 0.6) is 0 Å². The topological polar surface area (TPSA) is 20.3 Å². The summed E-state index contributed by atoms with van der Waals surface area (Å²) >= 11 is 0. The molecule has 0 N–H and O–H groups in total. The van der Waals surface area contributed by atoms with Crippen molar-refractivity contribution >= 4 is 12.0 Å². The molecule has 1 aromatic rings. The Morgan fingerprint density at radius 3 is 3.00 bits per heavy atom. The van der Waals surface area contributed by atoms with E-state index in [1.807, 2.05) is 0 Å². The molecule has 0 fully saturated rings. The fraction of sp³-hybridized carbons (Fsp3) is 0.462. The maximum absolute atomic E-state index is 10.4. The van der Waals surface area contributed by atoms with Gasteiger partial charge in [-0.1, -0.05) is 18.2 Å². The van der Waals surface area contributed by atoms with Crippen LogP contribution in [0.15, 0.2) is 24.3 Å². The van der Waals surface area contributed by atoms with E-state index in [2.05, 4.69) is 29.2 Å². The number of carbonyl (C=O) groups is 1. The van der Waals surface area contributed by atoms with Crippen molar-refractivity contribution in [2.75, 3.05) is 18.0 Å². The van der Waals surface area contributed by atoms with E-state index in [9.17, 15) is 4.79 Å². The second-order valence-corrected chi connectivity index (χ2v) is 4.03. The van der Waals surface area contributed by atoms with Gasteiger partial charge in [-0.15, -0.1) is 0 Å². The van der Waals surface area contributed by atoms with Crippen molar-refractivity contribution < 1.29 is 4.79 Å². The summed E-state index contributed by atoms with van der Waals surface area (Å²) in [6.07, 6.45) is 5.30. The van der Waals surface area contributed by atoms with Gasteiger partial charge in [0.2, 0.25) is 0 Å². The number of aryl methyl sites for hydroxylation is 1. The van der Waals surface area contributed by atoms with Crippen LogP contribution in [-0.4, -0.2) is 19.4 Å². The molecule has 0 saturated carbocycles. The van der Waals surface area contributed by atoms with Gasteiger partial charge >= 0.3 is 0 Å². The molecule has 2 rings (SSSR count). The number of rotatable bonds is 3. The van der Waals surface area contributed by atoms with Crippen LogP contribution in [0.1, 0.15) is 24.8 Å². The lowest BCUT2D eigenvalue weighted by Gasteiger charge is -2.23. The molecule has 0 spiro atoms. The fourth-order valence-electron chi connectivity index (χ4n) is 2.21. The highest BCUT2D eigenvalue weighted by molar-refractivity contribution is 5.56. The number of anilines is 1. The number of hydrogen-bond donors (Lipinski definition) is 0. The molecule has 1 aliphatic heterocycles. The third-order valence-electron chi connectivity index (χ3n) is 2.97. The van der Waals surface area contributed by atoms with Crippen LogP contribution in [0.2, 0.25) is 0 Å². The van der Waals surface area contributed by atoms with Crippen LogP contribution in [0.25, 0.3) is 0 Å². The highest BCUT2D eigenvalue weighted by atomic mass is 16.1. The van der Waals surface area contributed by atoms with Crippen LogP contribution in [0.4, 0.5) is 5.69 Å². The Hall–Kier alpha value is -1.31. The van der Waals surface area contributed by atoms with Gasteiger partial charge in [0, 0.05) is 25.2 Å². The first-order valence-electron chi connectivity index (χ1n) is 5.68. The third-order valence-corrected chi connectivity index (χ3v) is 2.97. The second-order valence-electron chi connectivity index (χ2n) is 4.03. The first kappa shape index (κ1) is 10.2. The molecule has 2 heteroatoms. The summed E-state index contributed by atoms with van der Waals surface area (Å²) in [7, 11) is 0. The van der Waals surface area contributed by atoms with Crippen molar-refractivity contribution in [2.24, 2.45) is 0 Å². The maximum atomic E-state index is 10.4. The maximum Gasteiger partial charge on any atom is 0.121 e. The van der Waals surface area contributed by atoms with Crippen molar-refractivity contribution in [2.45, 2.75) is 25.7 Å². The number of aldehydes is 1. The molecule has 1 aromatic carbocycles. The lowest BCUT2D eigenvalue weighted by Crippen LogP contribution is -2.25. The van der Waals surface area contributed by atoms with Crippen molar-refractivity contribution in [3.8, 4) is 0 Å². The van der Waals surface area contributed by atoms with Crippen molar-refractivity contribution in [3.63, 3.8) is 0 Å². The van der Waals surface area contributed by atoms with Gasteiger partial charge in [0.1, 0.15) is 6.29 Å². The van der Waals surface area contributed by atoms with E-state index in [1.165, 1.54) is 30.5 Å². The number of para-hydroxylation sites is 1. The highest BCUT2D eigenvalue weighted by Crippen LogP contribution is 2.25. The number of carbonyl (C=O) groups excluding carboxylic acids is 1. The van der Waals surface area contributed by atoms with Crippen LogP contribution in [0.3, 0.4) is 0 Å². The van der Waals surface area contributed by atoms with E-state index >= 15 is 0 Å². The fourth-order valence-corrected chi connectivity index (χ4v) is 2.21. The standard InChI is InChI=1S/C13H17NO/c15-11-5-10-14-9-4-3-7-12-6-1-2-8-13(12)14/h1-2,6,8,11H,3-5,7,9-10H2. The summed E-state index contributed by atoms with van der Waals surface area (Å²) in [5, 5.41) is 0. The summed E-state index contributed by atoms with van der Waals surface area (Å²) in [4.78, 5) is 12.8. The van der Waals surface area contributed by atoms with E-state index in [4.69, 9.17) is 0 Å². The number of benzene rings is 1. The van der Waals surface area contributed by atoms with Crippen LogP contribution < -0.4 is 4.90 Å². The summed E-state index contributed by atoms with van der Waals surface area (Å²) in [6, 6.07) is 8.56. The van der Waals surface area contributed by atoms with Gasteiger partial charge in [0.25, 0.3) is 0 Å². The van der Waals surface area contributed by atoms with E-state index in [-0.39, 0.29) is 0 Å². The molecule has 0 unspecified atom stereocenters. The minimum absolute atomic E-state index is 0.633. The average molecular weight is 203 g/mol. The Labute approximate surface area is 90.9 Å². The molecule has 0 amide bonds. The van der Waals surface area contributed by atoms with Gasteiger partial charge in [0.15, 0.2) is 0 Å². The second kappa shape index (κ2) is 4.96. The summed E-state index contributed by atoms with van der Waals surface area (Å²) in [5.41, 5.74) is 2.76. The van der Waals surface area contributed by atoms with Gasteiger partial charge in [-0.2, -0.15) is 0 Å². The monoisotopic (exact) mass is 203 g/mol. The van der Waals surface area contributed by atoms with Gasteiger partial charge in [-0.3, -0.25) is 0 Å². The van der Waals surface area contributed by atoms with Crippen molar-refractivity contribution in [1.82, 2.24) is 0 Å². The molecule has 0 aromatic heterocycles. The van der Waals surface area contributed by atoms with Crippen LogP contribution in [-0.2, 0) is 11.2 Å².